The highest BCUT2D eigenvalue weighted by molar-refractivity contribution is 7.89. The van der Waals surface area contributed by atoms with Crippen molar-refractivity contribution in [2.24, 2.45) is 0 Å². The molecule has 6 nitrogen and oxygen atoms in total. The molecule has 2 aromatic carbocycles. The lowest BCUT2D eigenvalue weighted by atomic mass is 10.0. The molecule has 0 amide bonds. The summed E-state index contributed by atoms with van der Waals surface area (Å²) in [5, 5.41) is 0. The molecule has 0 saturated carbocycles. The van der Waals surface area contributed by atoms with Crippen LogP contribution in [0.4, 0.5) is 0 Å². The van der Waals surface area contributed by atoms with Gasteiger partial charge in [0.15, 0.2) is 0 Å². The second kappa shape index (κ2) is 8.82. The summed E-state index contributed by atoms with van der Waals surface area (Å²) in [6, 6.07) is 12.7. The first kappa shape index (κ1) is 19.9. The molecular weight excluding hydrogens is 354 g/mol. The number of carbonyl (C=O) groups is 1. The highest BCUT2D eigenvalue weighted by atomic mass is 32.2. The van der Waals surface area contributed by atoms with Crippen LogP contribution < -0.4 is 9.46 Å². The average molecular weight is 377 g/mol. The van der Waals surface area contributed by atoms with E-state index in [1.807, 2.05) is 6.92 Å². The molecule has 0 aliphatic rings. The van der Waals surface area contributed by atoms with Crippen LogP contribution in [0.1, 0.15) is 30.5 Å². The number of nitrogens with one attached hydrogen (secondary N) is 1. The third kappa shape index (κ3) is 5.31. The highest BCUT2D eigenvalue weighted by Crippen LogP contribution is 2.23. The van der Waals surface area contributed by atoms with Crippen LogP contribution in [-0.4, -0.2) is 28.1 Å². The van der Waals surface area contributed by atoms with Gasteiger partial charge in [-0.15, -0.1) is 0 Å². The summed E-state index contributed by atoms with van der Waals surface area (Å²) in [5.41, 5.74) is 1.61. The predicted molar refractivity (Wildman–Crippen MR) is 98.5 cm³/mol. The fourth-order valence-electron chi connectivity index (χ4n) is 2.42. The lowest BCUT2D eigenvalue weighted by Gasteiger charge is -2.19. The molecule has 7 heteroatoms. The maximum absolute atomic E-state index is 12.7. The van der Waals surface area contributed by atoms with Crippen molar-refractivity contribution in [3.63, 3.8) is 0 Å². The normalized spacial score (nSPS) is 12.4. The van der Waals surface area contributed by atoms with Gasteiger partial charge in [0.2, 0.25) is 10.0 Å². The summed E-state index contributed by atoms with van der Waals surface area (Å²) < 4.78 is 38.1. The Balaban J connectivity index is 2.29. The van der Waals surface area contributed by atoms with Crippen LogP contribution in [-0.2, 0) is 19.6 Å². The monoisotopic (exact) mass is 377 g/mol. The topological polar surface area (TPSA) is 81.7 Å². The molecule has 0 spiro atoms. The quantitative estimate of drug-likeness (QED) is 0.715. The van der Waals surface area contributed by atoms with E-state index in [0.29, 0.717) is 11.3 Å². The molecule has 2 rings (SSSR count). The Morgan fingerprint density at radius 2 is 1.69 bits per heavy atom. The van der Waals surface area contributed by atoms with Gasteiger partial charge in [-0.1, -0.05) is 29.8 Å². The number of carbonyl (C=O) groups excluding carboxylic acids is 1. The Morgan fingerprint density at radius 1 is 1.08 bits per heavy atom. The van der Waals surface area contributed by atoms with Crippen molar-refractivity contribution in [3.05, 3.63) is 59.7 Å². The van der Waals surface area contributed by atoms with E-state index in [4.69, 9.17) is 9.47 Å². The van der Waals surface area contributed by atoms with Crippen LogP contribution in [0.5, 0.6) is 5.75 Å². The van der Waals surface area contributed by atoms with Crippen molar-refractivity contribution in [1.82, 2.24) is 4.72 Å². The fourth-order valence-corrected chi connectivity index (χ4v) is 3.65. The molecule has 1 N–H and O–H groups in total. The largest absolute Gasteiger partial charge is 0.497 e. The number of esters is 1. The van der Waals surface area contributed by atoms with Crippen LogP contribution in [0.15, 0.2) is 53.4 Å². The molecule has 0 aromatic heterocycles. The molecule has 140 valence electrons. The van der Waals surface area contributed by atoms with Crippen LogP contribution in [0.25, 0.3) is 0 Å². The van der Waals surface area contributed by atoms with Crippen molar-refractivity contribution in [2.75, 3.05) is 13.7 Å². The lowest BCUT2D eigenvalue weighted by Crippen LogP contribution is -2.30. The van der Waals surface area contributed by atoms with E-state index in [9.17, 15) is 13.2 Å². The summed E-state index contributed by atoms with van der Waals surface area (Å²) in [7, 11) is -2.24. The predicted octanol–water partition coefficient (Wildman–Crippen LogP) is 2.98. The summed E-state index contributed by atoms with van der Waals surface area (Å²) in [6.07, 6.45) is -0.106. The van der Waals surface area contributed by atoms with Crippen molar-refractivity contribution in [2.45, 2.75) is 31.2 Å². The molecule has 0 fully saturated rings. The van der Waals surface area contributed by atoms with E-state index < -0.39 is 22.0 Å². The number of hydrogen-bond donors (Lipinski definition) is 1. The van der Waals surface area contributed by atoms with Crippen molar-refractivity contribution in [3.8, 4) is 5.75 Å². The number of hydrogen-bond acceptors (Lipinski definition) is 5. The zero-order chi connectivity index (χ0) is 19.2. The van der Waals surface area contributed by atoms with Gasteiger partial charge in [-0.25, -0.2) is 13.1 Å². The van der Waals surface area contributed by atoms with E-state index >= 15 is 0 Å². The molecule has 0 unspecified atom stereocenters. The van der Waals surface area contributed by atoms with Gasteiger partial charge in [0.25, 0.3) is 0 Å². The molecular formula is C19H23NO5S. The minimum absolute atomic E-state index is 0.106. The van der Waals surface area contributed by atoms with E-state index in [2.05, 4.69) is 4.72 Å². The van der Waals surface area contributed by atoms with Crippen molar-refractivity contribution < 1.29 is 22.7 Å². The van der Waals surface area contributed by atoms with Crippen LogP contribution in [0.2, 0.25) is 0 Å². The van der Waals surface area contributed by atoms with E-state index in [0.717, 1.165) is 5.56 Å². The Bertz CT molecular complexity index is 829. The molecule has 0 bridgehead atoms. The minimum atomic E-state index is -3.79. The van der Waals surface area contributed by atoms with Gasteiger partial charge in [-0.3, -0.25) is 4.79 Å². The molecule has 2 aromatic rings. The number of aryl methyl sites for hydroxylation is 1. The number of rotatable bonds is 8. The molecule has 26 heavy (non-hydrogen) atoms. The van der Waals surface area contributed by atoms with Crippen molar-refractivity contribution >= 4 is 16.0 Å². The van der Waals surface area contributed by atoms with E-state index in [1.54, 1.807) is 50.4 Å². The summed E-state index contributed by atoms with van der Waals surface area (Å²) in [6.45, 7) is 3.82. The Hall–Kier alpha value is -2.38. The van der Waals surface area contributed by atoms with E-state index in [-0.39, 0.29) is 17.9 Å². The van der Waals surface area contributed by atoms with Gasteiger partial charge in [0.05, 0.1) is 31.1 Å². The molecule has 0 heterocycles. The van der Waals surface area contributed by atoms with Crippen LogP contribution in [0.3, 0.4) is 0 Å². The Labute approximate surface area is 154 Å². The Morgan fingerprint density at radius 3 is 2.23 bits per heavy atom. The third-order valence-electron chi connectivity index (χ3n) is 3.82. The SMILES string of the molecule is CCOC(=O)C[C@@H](NS(=O)(=O)c1ccc(C)cc1)c1ccc(OC)cc1. The third-order valence-corrected chi connectivity index (χ3v) is 5.31. The molecule has 0 aliphatic heterocycles. The van der Waals surface area contributed by atoms with Crippen LogP contribution in [0, 0.1) is 6.92 Å². The average Bonchev–Trinajstić information content (AvgIpc) is 2.61. The second-order valence-electron chi connectivity index (χ2n) is 5.77. The first-order chi connectivity index (χ1) is 12.4. The molecule has 0 aliphatic carbocycles. The van der Waals surface area contributed by atoms with Gasteiger partial charge in [-0.2, -0.15) is 0 Å². The first-order valence-electron chi connectivity index (χ1n) is 8.24. The minimum Gasteiger partial charge on any atom is -0.497 e. The van der Waals surface area contributed by atoms with Gasteiger partial charge >= 0.3 is 5.97 Å². The number of ether oxygens (including phenoxy) is 2. The van der Waals surface area contributed by atoms with Crippen LogP contribution >= 0.6 is 0 Å². The second-order valence-corrected chi connectivity index (χ2v) is 7.48. The lowest BCUT2D eigenvalue weighted by molar-refractivity contribution is -0.143. The first-order valence-corrected chi connectivity index (χ1v) is 9.72. The maximum Gasteiger partial charge on any atom is 0.307 e. The number of benzene rings is 2. The summed E-state index contributed by atoms with van der Waals surface area (Å²) in [5.74, 6) is 0.171. The van der Waals surface area contributed by atoms with E-state index in [1.165, 1.54) is 12.1 Å². The van der Waals surface area contributed by atoms with Gasteiger partial charge < -0.3 is 9.47 Å². The molecule has 0 saturated heterocycles. The van der Waals surface area contributed by atoms with Gasteiger partial charge in [0, 0.05) is 0 Å². The van der Waals surface area contributed by atoms with Crippen molar-refractivity contribution in [1.29, 1.82) is 0 Å². The molecule has 0 radical (unpaired) electrons. The zero-order valence-corrected chi connectivity index (χ0v) is 15.9. The maximum atomic E-state index is 12.7. The smallest absolute Gasteiger partial charge is 0.307 e. The molecule has 1 atom stereocenters. The summed E-state index contributed by atoms with van der Waals surface area (Å²) in [4.78, 5) is 12.1. The number of sulfonamides is 1. The summed E-state index contributed by atoms with van der Waals surface area (Å²) >= 11 is 0. The van der Waals surface area contributed by atoms with Gasteiger partial charge in [0.1, 0.15) is 5.75 Å². The fraction of sp³-hybridized carbons (Fsp3) is 0.316. The standard InChI is InChI=1S/C19H23NO5S/c1-4-25-19(21)13-18(15-7-9-16(24-3)10-8-15)20-26(22,23)17-11-5-14(2)6-12-17/h5-12,18,20H,4,13H2,1-3H3/t18-/m1/s1. The van der Waals surface area contributed by atoms with Gasteiger partial charge in [-0.05, 0) is 43.7 Å². The highest BCUT2D eigenvalue weighted by Gasteiger charge is 2.24. The Kier molecular flexibility index (Phi) is 6.76. The zero-order valence-electron chi connectivity index (χ0n) is 15.1. The number of methoxy groups -OCH3 is 1.